The molecule has 1 aliphatic heterocycles. The molecular formula is C20H24N6O. The van der Waals surface area contributed by atoms with Gasteiger partial charge in [-0.15, -0.1) is 0 Å². The van der Waals surface area contributed by atoms with Crippen LogP contribution in [0.4, 0.5) is 5.95 Å². The van der Waals surface area contributed by atoms with E-state index in [9.17, 15) is 0 Å². The molecule has 7 nitrogen and oxygen atoms in total. The molecular weight excluding hydrogens is 340 g/mol. The van der Waals surface area contributed by atoms with E-state index >= 15 is 0 Å². The summed E-state index contributed by atoms with van der Waals surface area (Å²) >= 11 is 0. The van der Waals surface area contributed by atoms with Gasteiger partial charge in [0.15, 0.2) is 0 Å². The van der Waals surface area contributed by atoms with Crippen LogP contribution in [0.3, 0.4) is 0 Å². The fourth-order valence-electron chi connectivity index (χ4n) is 3.46. The van der Waals surface area contributed by atoms with Crippen molar-refractivity contribution < 1.29 is 4.74 Å². The zero-order chi connectivity index (χ0) is 18.6. The van der Waals surface area contributed by atoms with Crippen molar-refractivity contribution >= 4 is 5.95 Å². The normalized spacial score (nSPS) is 14.0. The first-order chi connectivity index (χ1) is 13.2. The third-order valence-electron chi connectivity index (χ3n) is 4.79. The Labute approximate surface area is 159 Å². The molecule has 3 heterocycles. The Morgan fingerprint density at radius 2 is 2.00 bits per heavy atom. The van der Waals surface area contributed by atoms with E-state index in [0.717, 1.165) is 37.6 Å². The highest BCUT2D eigenvalue weighted by Crippen LogP contribution is 2.21. The number of methoxy groups -OCH3 is 1. The number of benzene rings is 1. The van der Waals surface area contributed by atoms with Gasteiger partial charge < -0.3 is 10.1 Å². The van der Waals surface area contributed by atoms with Crippen molar-refractivity contribution in [3.63, 3.8) is 0 Å². The number of fused-ring (bicyclic) bond motifs is 1. The van der Waals surface area contributed by atoms with Crippen LogP contribution in [0.1, 0.15) is 22.5 Å². The minimum Gasteiger partial charge on any atom is -0.496 e. The van der Waals surface area contributed by atoms with E-state index in [1.165, 1.54) is 16.8 Å². The van der Waals surface area contributed by atoms with Gasteiger partial charge in [-0.3, -0.25) is 9.58 Å². The predicted molar refractivity (Wildman–Crippen MR) is 103 cm³/mol. The molecule has 0 fully saturated rings. The zero-order valence-corrected chi connectivity index (χ0v) is 15.7. The summed E-state index contributed by atoms with van der Waals surface area (Å²) in [4.78, 5) is 10.8. The van der Waals surface area contributed by atoms with Crippen LogP contribution in [0, 0.1) is 6.92 Å². The Morgan fingerprint density at radius 3 is 2.78 bits per heavy atom. The SMILES string of the molecule is COc1ccc(CN2CCn3nc(CNc4ncccn4)cc3C2)cc1C. The number of hydrogen-bond donors (Lipinski definition) is 1. The third-order valence-corrected chi connectivity index (χ3v) is 4.79. The molecule has 0 aliphatic carbocycles. The van der Waals surface area contributed by atoms with E-state index in [4.69, 9.17) is 9.84 Å². The van der Waals surface area contributed by atoms with Crippen molar-refractivity contribution in [2.75, 3.05) is 19.0 Å². The van der Waals surface area contributed by atoms with Crippen molar-refractivity contribution in [3.8, 4) is 5.75 Å². The Balaban J connectivity index is 1.38. The molecule has 1 aromatic carbocycles. The summed E-state index contributed by atoms with van der Waals surface area (Å²) < 4.78 is 7.46. The summed E-state index contributed by atoms with van der Waals surface area (Å²) in [5.74, 6) is 1.56. The lowest BCUT2D eigenvalue weighted by Crippen LogP contribution is -2.33. The lowest BCUT2D eigenvalue weighted by Gasteiger charge is -2.27. The van der Waals surface area contributed by atoms with Gasteiger partial charge in [0.25, 0.3) is 0 Å². The van der Waals surface area contributed by atoms with E-state index in [-0.39, 0.29) is 0 Å². The Morgan fingerprint density at radius 1 is 1.15 bits per heavy atom. The number of rotatable bonds is 6. The van der Waals surface area contributed by atoms with Crippen LogP contribution >= 0.6 is 0 Å². The fraction of sp³-hybridized carbons (Fsp3) is 0.350. The number of aromatic nitrogens is 4. The monoisotopic (exact) mass is 364 g/mol. The molecule has 140 valence electrons. The first kappa shape index (κ1) is 17.5. The number of nitrogens with one attached hydrogen (secondary N) is 1. The number of nitrogens with zero attached hydrogens (tertiary/aromatic N) is 5. The minimum absolute atomic E-state index is 0.625. The van der Waals surface area contributed by atoms with Crippen molar-refractivity contribution in [2.45, 2.75) is 33.1 Å². The van der Waals surface area contributed by atoms with E-state index in [0.29, 0.717) is 12.5 Å². The molecule has 0 saturated carbocycles. The third kappa shape index (κ3) is 4.09. The van der Waals surface area contributed by atoms with Gasteiger partial charge in [0.1, 0.15) is 5.75 Å². The summed E-state index contributed by atoms with van der Waals surface area (Å²) in [6, 6.07) is 10.4. The molecule has 1 N–H and O–H groups in total. The van der Waals surface area contributed by atoms with Gasteiger partial charge in [-0.1, -0.05) is 12.1 Å². The van der Waals surface area contributed by atoms with Crippen LogP contribution in [0.25, 0.3) is 0 Å². The Kier molecular flexibility index (Phi) is 5.02. The second kappa shape index (κ2) is 7.75. The van der Waals surface area contributed by atoms with Gasteiger partial charge >= 0.3 is 0 Å². The van der Waals surface area contributed by atoms with Crippen LogP contribution in [-0.2, 0) is 26.2 Å². The summed E-state index contributed by atoms with van der Waals surface area (Å²) in [5.41, 5.74) is 4.75. The van der Waals surface area contributed by atoms with Gasteiger partial charge in [-0.05, 0) is 36.2 Å². The maximum absolute atomic E-state index is 5.35. The topological polar surface area (TPSA) is 68.1 Å². The Hall–Kier alpha value is -2.93. The molecule has 0 bridgehead atoms. The quantitative estimate of drug-likeness (QED) is 0.725. The molecule has 0 saturated heterocycles. The molecule has 3 aromatic rings. The highest BCUT2D eigenvalue weighted by molar-refractivity contribution is 5.36. The van der Waals surface area contributed by atoms with E-state index in [1.54, 1.807) is 25.6 Å². The van der Waals surface area contributed by atoms with Crippen LogP contribution in [-0.4, -0.2) is 38.3 Å². The molecule has 0 spiro atoms. The van der Waals surface area contributed by atoms with Gasteiger partial charge in [0, 0.05) is 32.0 Å². The van der Waals surface area contributed by atoms with Crippen molar-refractivity contribution in [1.29, 1.82) is 0 Å². The van der Waals surface area contributed by atoms with E-state index in [1.807, 2.05) is 6.07 Å². The average molecular weight is 364 g/mol. The van der Waals surface area contributed by atoms with Crippen LogP contribution < -0.4 is 10.1 Å². The van der Waals surface area contributed by atoms with E-state index < -0.39 is 0 Å². The Bertz CT molecular complexity index is 908. The molecule has 4 rings (SSSR count). The lowest BCUT2D eigenvalue weighted by molar-refractivity contribution is 0.205. The molecule has 0 unspecified atom stereocenters. The first-order valence-corrected chi connectivity index (χ1v) is 9.13. The highest BCUT2D eigenvalue weighted by atomic mass is 16.5. The molecule has 27 heavy (non-hydrogen) atoms. The summed E-state index contributed by atoms with van der Waals surface area (Å²) in [6.07, 6.45) is 3.46. The highest BCUT2D eigenvalue weighted by Gasteiger charge is 2.18. The molecule has 2 aromatic heterocycles. The number of hydrogen-bond acceptors (Lipinski definition) is 6. The maximum Gasteiger partial charge on any atom is 0.222 e. The van der Waals surface area contributed by atoms with Crippen molar-refractivity contribution in [1.82, 2.24) is 24.6 Å². The van der Waals surface area contributed by atoms with Crippen molar-refractivity contribution in [2.24, 2.45) is 0 Å². The molecule has 0 amide bonds. The average Bonchev–Trinajstić information content (AvgIpc) is 3.10. The first-order valence-electron chi connectivity index (χ1n) is 9.13. The predicted octanol–water partition coefficient (Wildman–Crippen LogP) is 2.62. The number of ether oxygens (including phenoxy) is 1. The van der Waals surface area contributed by atoms with Gasteiger partial charge in [0.2, 0.25) is 5.95 Å². The number of anilines is 1. The molecule has 7 heteroatoms. The standard InChI is InChI=1S/C20H24N6O/c1-15-10-16(4-5-19(15)27-2)13-25-8-9-26-18(14-25)11-17(24-26)12-23-20-21-6-3-7-22-20/h3-7,10-11H,8-9,12-14H2,1-2H3,(H,21,22,23). The second-order valence-corrected chi connectivity index (χ2v) is 6.79. The summed E-state index contributed by atoms with van der Waals surface area (Å²) in [7, 11) is 1.71. The minimum atomic E-state index is 0.625. The van der Waals surface area contributed by atoms with Crippen LogP contribution in [0.5, 0.6) is 5.75 Å². The van der Waals surface area contributed by atoms with Crippen molar-refractivity contribution in [3.05, 3.63) is 65.2 Å². The van der Waals surface area contributed by atoms with Gasteiger partial charge in [0.05, 0.1) is 31.6 Å². The number of aryl methyl sites for hydroxylation is 1. The fourth-order valence-corrected chi connectivity index (χ4v) is 3.46. The van der Waals surface area contributed by atoms with Gasteiger partial charge in [-0.25, -0.2) is 9.97 Å². The summed E-state index contributed by atoms with van der Waals surface area (Å²) in [6.45, 7) is 6.45. The zero-order valence-electron chi connectivity index (χ0n) is 15.7. The summed E-state index contributed by atoms with van der Waals surface area (Å²) in [5, 5.41) is 7.91. The van der Waals surface area contributed by atoms with Gasteiger partial charge in [-0.2, -0.15) is 5.10 Å². The molecule has 0 radical (unpaired) electrons. The van der Waals surface area contributed by atoms with E-state index in [2.05, 4.69) is 50.0 Å². The van der Waals surface area contributed by atoms with Crippen LogP contribution in [0.15, 0.2) is 42.7 Å². The molecule has 0 atom stereocenters. The smallest absolute Gasteiger partial charge is 0.222 e. The maximum atomic E-state index is 5.35. The lowest BCUT2D eigenvalue weighted by atomic mass is 10.1. The van der Waals surface area contributed by atoms with Crippen LogP contribution in [0.2, 0.25) is 0 Å². The largest absolute Gasteiger partial charge is 0.496 e. The molecule has 1 aliphatic rings. The second-order valence-electron chi connectivity index (χ2n) is 6.79.